The molecule has 1 atom stereocenters. The fourth-order valence-electron chi connectivity index (χ4n) is 4.05. The molecule has 1 aromatic carbocycles. The van der Waals surface area contributed by atoms with E-state index in [0.29, 0.717) is 31.5 Å². The molecular formula is C23H28N4O3. The van der Waals surface area contributed by atoms with Gasteiger partial charge in [-0.25, -0.2) is 4.79 Å². The summed E-state index contributed by atoms with van der Waals surface area (Å²) < 4.78 is 5.23. The van der Waals surface area contributed by atoms with Gasteiger partial charge in [0.2, 0.25) is 5.91 Å². The number of anilines is 1. The first-order valence-corrected chi connectivity index (χ1v) is 10.6. The Morgan fingerprint density at radius 1 is 1.07 bits per heavy atom. The van der Waals surface area contributed by atoms with Crippen LogP contribution in [0.25, 0.3) is 0 Å². The molecule has 7 nitrogen and oxygen atoms in total. The van der Waals surface area contributed by atoms with Crippen molar-refractivity contribution in [2.24, 2.45) is 0 Å². The average Bonchev–Trinajstić information content (AvgIpc) is 3.23. The molecule has 30 heavy (non-hydrogen) atoms. The molecule has 2 aromatic rings. The largest absolute Gasteiger partial charge is 0.372 e. The van der Waals surface area contributed by atoms with Crippen LogP contribution in [0, 0.1) is 0 Å². The number of nitrogens with one attached hydrogen (secondary N) is 1. The summed E-state index contributed by atoms with van der Waals surface area (Å²) in [5, 5.41) is 2.97. The van der Waals surface area contributed by atoms with E-state index in [1.807, 2.05) is 53.3 Å². The van der Waals surface area contributed by atoms with E-state index in [2.05, 4.69) is 16.4 Å². The summed E-state index contributed by atoms with van der Waals surface area (Å²) in [7, 11) is 0. The number of carbonyl (C=O) groups excluding carboxylic acids is 2. The van der Waals surface area contributed by atoms with Gasteiger partial charge >= 0.3 is 6.03 Å². The summed E-state index contributed by atoms with van der Waals surface area (Å²) in [4.78, 5) is 32.4. The number of urea groups is 1. The zero-order valence-corrected chi connectivity index (χ0v) is 17.3. The average molecular weight is 409 g/mol. The van der Waals surface area contributed by atoms with Gasteiger partial charge in [-0.1, -0.05) is 18.2 Å². The predicted octanol–water partition coefficient (Wildman–Crippen LogP) is 3.07. The van der Waals surface area contributed by atoms with Gasteiger partial charge in [-0.2, -0.15) is 0 Å². The molecule has 0 radical (unpaired) electrons. The van der Waals surface area contributed by atoms with Crippen molar-refractivity contribution >= 4 is 17.6 Å². The van der Waals surface area contributed by atoms with Crippen molar-refractivity contribution in [2.75, 3.05) is 44.7 Å². The Morgan fingerprint density at radius 3 is 2.53 bits per heavy atom. The molecule has 0 spiro atoms. The van der Waals surface area contributed by atoms with Crippen LogP contribution in [0.15, 0.2) is 48.8 Å². The molecule has 1 aromatic heterocycles. The molecule has 0 bridgehead atoms. The van der Waals surface area contributed by atoms with Crippen LogP contribution in [-0.4, -0.2) is 66.1 Å². The standard InChI is InChI=1S/C23H28N4O3/c1-2-30-16-22(28)26-11-9-19(13-26)17-5-7-21(8-6-17)25-23(29)27-14-20(15-27)18-4-3-10-24-12-18/h3-8,10,12,19-20H,2,9,11,13-16H2,1H3,(H,25,29). The van der Waals surface area contributed by atoms with Gasteiger partial charge in [-0.05, 0) is 42.7 Å². The molecule has 2 saturated heterocycles. The lowest BCUT2D eigenvalue weighted by atomic mass is 9.93. The molecule has 7 heteroatoms. The van der Waals surface area contributed by atoms with Crippen molar-refractivity contribution in [3.63, 3.8) is 0 Å². The highest BCUT2D eigenvalue weighted by molar-refractivity contribution is 5.90. The normalized spacial score (nSPS) is 18.9. The zero-order chi connectivity index (χ0) is 20.9. The van der Waals surface area contributed by atoms with Gasteiger partial charge in [0.05, 0.1) is 0 Å². The van der Waals surface area contributed by atoms with Crippen molar-refractivity contribution in [1.82, 2.24) is 14.8 Å². The lowest BCUT2D eigenvalue weighted by Gasteiger charge is -2.39. The number of aromatic nitrogens is 1. The molecule has 2 aliphatic heterocycles. The molecule has 4 rings (SSSR count). The van der Waals surface area contributed by atoms with Gasteiger partial charge in [0.15, 0.2) is 0 Å². The van der Waals surface area contributed by atoms with Crippen molar-refractivity contribution in [3.8, 4) is 0 Å². The van der Waals surface area contributed by atoms with E-state index in [4.69, 9.17) is 4.74 Å². The number of benzene rings is 1. The quantitative estimate of drug-likeness (QED) is 0.797. The van der Waals surface area contributed by atoms with E-state index in [-0.39, 0.29) is 18.5 Å². The molecule has 2 fully saturated rings. The van der Waals surface area contributed by atoms with Crippen molar-refractivity contribution in [1.29, 1.82) is 0 Å². The Labute approximate surface area is 177 Å². The molecule has 158 valence electrons. The molecule has 1 unspecified atom stereocenters. The monoisotopic (exact) mass is 408 g/mol. The minimum atomic E-state index is -0.0727. The highest BCUT2D eigenvalue weighted by Crippen LogP contribution is 2.29. The number of pyridine rings is 1. The first-order chi connectivity index (χ1) is 14.6. The summed E-state index contributed by atoms with van der Waals surface area (Å²) in [6.07, 6.45) is 4.58. The Morgan fingerprint density at radius 2 is 1.83 bits per heavy atom. The molecular weight excluding hydrogens is 380 g/mol. The molecule has 0 saturated carbocycles. The number of rotatable bonds is 6. The highest BCUT2D eigenvalue weighted by atomic mass is 16.5. The summed E-state index contributed by atoms with van der Waals surface area (Å²) in [6.45, 7) is 5.52. The van der Waals surface area contributed by atoms with Gasteiger partial charge in [0, 0.05) is 62.7 Å². The van der Waals surface area contributed by atoms with E-state index in [1.165, 1.54) is 11.1 Å². The second kappa shape index (κ2) is 9.26. The Balaban J connectivity index is 1.25. The van der Waals surface area contributed by atoms with Gasteiger partial charge in [-0.15, -0.1) is 0 Å². The molecule has 1 N–H and O–H groups in total. The summed E-state index contributed by atoms with van der Waals surface area (Å²) in [5.74, 6) is 0.751. The van der Waals surface area contributed by atoms with E-state index >= 15 is 0 Å². The minimum Gasteiger partial charge on any atom is -0.372 e. The minimum absolute atomic E-state index is 0.0577. The lowest BCUT2D eigenvalue weighted by Crippen LogP contribution is -2.50. The van der Waals surface area contributed by atoms with Gasteiger partial charge in [0.1, 0.15) is 6.61 Å². The summed E-state index contributed by atoms with van der Waals surface area (Å²) in [6, 6.07) is 11.9. The van der Waals surface area contributed by atoms with Crippen LogP contribution in [0.4, 0.5) is 10.5 Å². The Kier molecular flexibility index (Phi) is 6.28. The Bertz CT molecular complexity index is 866. The van der Waals surface area contributed by atoms with Gasteiger partial charge in [-0.3, -0.25) is 9.78 Å². The number of hydrogen-bond acceptors (Lipinski definition) is 4. The highest BCUT2D eigenvalue weighted by Gasteiger charge is 2.32. The number of carbonyl (C=O) groups is 2. The van der Waals surface area contributed by atoms with E-state index in [1.54, 1.807) is 6.20 Å². The van der Waals surface area contributed by atoms with Crippen molar-refractivity contribution in [2.45, 2.75) is 25.2 Å². The van der Waals surface area contributed by atoms with Crippen LogP contribution < -0.4 is 5.32 Å². The van der Waals surface area contributed by atoms with E-state index < -0.39 is 0 Å². The molecule has 3 amide bonds. The fourth-order valence-corrected chi connectivity index (χ4v) is 4.05. The fraction of sp³-hybridized carbons (Fsp3) is 0.435. The maximum atomic E-state index is 12.5. The SMILES string of the molecule is CCOCC(=O)N1CCC(c2ccc(NC(=O)N3CC(c4cccnc4)C3)cc2)C1. The van der Waals surface area contributed by atoms with Crippen LogP contribution >= 0.6 is 0 Å². The van der Waals surface area contributed by atoms with E-state index in [0.717, 1.165) is 25.2 Å². The Hall–Kier alpha value is -2.93. The zero-order valence-electron chi connectivity index (χ0n) is 17.3. The number of ether oxygens (including phenoxy) is 1. The third-order valence-corrected chi connectivity index (χ3v) is 5.93. The number of nitrogens with zero attached hydrogens (tertiary/aromatic N) is 3. The molecule has 2 aliphatic rings. The van der Waals surface area contributed by atoms with E-state index in [9.17, 15) is 9.59 Å². The molecule has 3 heterocycles. The third-order valence-electron chi connectivity index (χ3n) is 5.93. The smallest absolute Gasteiger partial charge is 0.321 e. The predicted molar refractivity (Wildman–Crippen MR) is 114 cm³/mol. The summed E-state index contributed by atoms with van der Waals surface area (Å²) >= 11 is 0. The second-order valence-electron chi connectivity index (χ2n) is 7.90. The second-order valence-corrected chi connectivity index (χ2v) is 7.90. The van der Waals surface area contributed by atoms with Crippen molar-refractivity contribution < 1.29 is 14.3 Å². The number of hydrogen-bond donors (Lipinski definition) is 1. The lowest BCUT2D eigenvalue weighted by molar-refractivity contribution is -0.134. The van der Waals surface area contributed by atoms with Gasteiger partial charge < -0.3 is 19.9 Å². The van der Waals surface area contributed by atoms with Crippen LogP contribution in [0.1, 0.15) is 36.3 Å². The van der Waals surface area contributed by atoms with Crippen LogP contribution in [0.5, 0.6) is 0 Å². The van der Waals surface area contributed by atoms with Gasteiger partial charge in [0.25, 0.3) is 0 Å². The third kappa shape index (κ3) is 4.62. The first-order valence-electron chi connectivity index (χ1n) is 10.6. The van der Waals surface area contributed by atoms with Crippen LogP contribution in [-0.2, 0) is 9.53 Å². The number of likely N-dealkylation sites (tertiary alicyclic amines) is 2. The number of amides is 3. The molecule has 0 aliphatic carbocycles. The summed E-state index contributed by atoms with van der Waals surface area (Å²) in [5.41, 5.74) is 3.16. The van der Waals surface area contributed by atoms with Crippen molar-refractivity contribution in [3.05, 3.63) is 59.9 Å². The topological polar surface area (TPSA) is 74.8 Å². The maximum absolute atomic E-state index is 12.5. The first kappa shape index (κ1) is 20.3. The van der Waals surface area contributed by atoms with Crippen LogP contribution in [0.2, 0.25) is 0 Å². The van der Waals surface area contributed by atoms with Crippen LogP contribution in [0.3, 0.4) is 0 Å². The maximum Gasteiger partial charge on any atom is 0.321 e.